The predicted molar refractivity (Wildman–Crippen MR) is 74.8 cm³/mol. The first kappa shape index (κ1) is 13.2. The molecule has 1 saturated heterocycles. The fourth-order valence-corrected chi connectivity index (χ4v) is 2.32. The zero-order valence-corrected chi connectivity index (χ0v) is 11.3. The first-order chi connectivity index (χ1) is 10.2. The molecule has 1 N–H and O–H groups in total. The Morgan fingerprint density at radius 1 is 1.14 bits per heavy atom. The van der Waals surface area contributed by atoms with Crippen LogP contribution in [0, 0.1) is 0 Å². The molecule has 6 heteroatoms. The standard InChI is InChI=1S/C15H14N4O2/c20-13-10-19(9-12-7-4-8-16-18-12)15(21)14(17-13)11-5-2-1-3-6-11/h1-8,14H,9-10H2,(H,17,20). The van der Waals surface area contributed by atoms with Crippen molar-refractivity contribution >= 4 is 11.8 Å². The number of amides is 2. The van der Waals surface area contributed by atoms with E-state index in [9.17, 15) is 9.59 Å². The van der Waals surface area contributed by atoms with Crippen LogP contribution in [0.4, 0.5) is 0 Å². The Kier molecular flexibility index (Phi) is 3.59. The van der Waals surface area contributed by atoms with Crippen molar-refractivity contribution in [2.45, 2.75) is 12.6 Å². The van der Waals surface area contributed by atoms with Gasteiger partial charge >= 0.3 is 0 Å². The molecule has 0 radical (unpaired) electrons. The van der Waals surface area contributed by atoms with E-state index in [0.29, 0.717) is 5.69 Å². The molecule has 0 saturated carbocycles. The number of benzene rings is 1. The Balaban J connectivity index is 1.82. The van der Waals surface area contributed by atoms with Crippen LogP contribution in [0.5, 0.6) is 0 Å². The van der Waals surface area contributed by atoms with Crippen LogP contribution in [-0.4, -0.2) is 33.5 Å². The molecule has 2 heterocycles. The van der Waals surface area contributed by atoms with Crippen LogP contribution in [0.15, 0.2) is 48.7 Å². The second-order valence-electron chi connectivity index (χ2n) is 4.82. The van der Waals surface area contributed by atoms with Crippen molar-refractivity contribution in [2.75, 3.05) is 6.54 Å². The summed E-state index contributed by atoms with van der Waals surface area (Å²) in [6.45, 7) is 0.322. The molecule has 1 atom stereocenters. The summed E-state index contributed by atoms with van der Waals surface area (Å²) in [6.07, 6.45) is 1.57. The van der Waals surface area contributed by atoms with Gasteiger partial charge in [0, 0.05) is 6.20 Å². The zero-order chi connectivity index (χ0) is 14.7. The molecule has 2 amide bonds. The number of hydrogen-bond donors (Lipinski definition) is 1. The topological polar surface area (TPSA) is 75.2 Å². The van der Waals surface area contributed by atoms with Gasteiger partial charge in [0.05, 0.1) is 12.2 Å². The summed E-state index contributed by atoms with van der Waals surface area (Å²) < 4.78 is 0. The third-order valence-corrected chi connectivity index (χ3v) is 3.31. The Bertz CT molecular complexity index is 645. The highest BCUT2D eigenvalue weighted by molar-refractivity contribution is 5.95. The van der Waals surface area contributed by atoms with Crippen LogP contribution in [0.25, 0.3) is 0 Å². The number of carbonyl (C=O) groups is 2. The minimum Gasteiger partial charge on any atom is -0.339 e. The number of nitrogens with zero attached hydrogens (tertiary/aromatic N) is 3. The maximum Gasteiger partial charge on any atom is 0.250 e. The lowest BCUT2D eigenvalue weighted by Crippen LogP contribution is -2.53. The highest BCUT2D eigenvalue weighted by Gasteiger charge is 2.33. The maximum absolute atomic E-state index is 12.5. The molecule has 3 rings (SSSR count). The van der Waals surface area contributed by atoms with E-state index in [2.05, 4.69) is 15.5 Å². The van der Waals surface area contributed by atoms with Crippen LogP contribution in [0.1, 0.15) is 17.3 Å². The first-order valence-electron chi connectivity index (χ1n) is 6.64. The quantitative estimate of drug-likeness (QED) is 0.898. The second kappa shape index (κ2) is 5.70. The van der Waals surface area contributed by atoms with E-state index >= 15 is 0 Å². The Morgan fingerprint density at radius 3 is 2.67 bits per heavy atom. The van der Waals surface area contributed by atoms with E-state index in [4.69, 9.17) is 0 Å². The molecule has 1 unspecified atom stereocenters. The number of aromatic nitrogens is 2. The number of rotatable bonds is 3. The van der Waals surface area contributed by atoms with E-state index in [0.717, 1.165) is 5.56 Å². The third kappa shape index (κ3) is 2.89. The molecule has 106 valence electrons. The van der Waals surface area contributed by atoms with Crippen molar-refractivity contribution in [1.82, 2.24) is 20.4 Å². The molecule has 21 heavy (non-hydrogen) atoms. The van der Waals surface area contributed by atoms with E-state index in [1.54, 1.807) is 18.3 Å². The summed E-state index contributed by atoms with van der Waals surface area (Å²) >= 11 is 0. The molecule has 1 aliphatic rings. The second-order valence-corrected chi connectivity index (χ2v) is 4.82. The average molecular weight is 282 g/mol. The van der Waals surface area contributed by atoms with Crippen LogP contribution in [0.2, 0.25) is 0 Å². The Labute approximate surface area is 121 Å². The summed E-state index contributed by atoms with van der Waals surface area (Å²) in [7, 11) is 0. The van der Waals surface area contributed by atoms with Gasteiger partial charge in [-0.15, -0.1) is 0 Å². The number of piperazine rings is 1. The minimum atomic E-state index is -0.635. The average Bonchev–Trinajstić information content (AvgIpc) is 2.52. The Morgan fingerprint density at radius 2 is 1.95 bits per heavy atom. The highest BCUT2D eigenvalue weighted by atomic mass is 16.2. The fourth-order valence-electron chi connectivity index (χ4n) is 2.32. The van der Waals surface area contributed by atoms with Gasteiger partial charge in [-0.3, -0.25) is 9.59 Å². The SMILES string of the molecule is O=C1CN(Cc2cccnn2)C(=O)C(c2ccccc2)N1. The van der Waals surface area contributed by atoms with Crippen molar-refractivity contribution in [3.63, 3.8) is 0 Å². The molecule has 0 spiro atoms. The molecule has 0 bridgehead atoms. The van der Waals surface area contributed by atoms with Crippen molar-refractivity contribution in [1.29, 1.82) is 0 Å². The van der Waals surface area contributed by atoms with Gasteiger partial charge in [0.1, 0.15) is 12.6 Å². The van der Waals surface area contributed by atoms with Gasteiger partial charge in [0.25, 0.3) is 5.91 Å². The van der Waals surface area contributed by atoms with Crippen LogP contribution >= 0.6 is 0 Å². The molecule has 2 aromatic rings. The summed E-state index contributed by atoms with van der Waals surface area (Å²) in [4.78, 5) is 25.9. The first-order valence-corrected chi connectivity index (χ1v) is 6.64. The van der Waals surface area contributed by atoms with E-state index < -0.39 is 6.04 Å². The molecule has 1 aromatic carbocycles. The summed E-state index contributed by atoms with van der Waals surface area (Å²) in [5.41, 5.74) is 1.44. The van der Waals surface area contributed by atoms with E-state index in [1.165, 1.54) is 4.90 Å². The lowest BCUT2D eigenvalue weighted by atomic mass is 10.0. The van der Waals surface area contributed by atoms with Crippen LogP contribution in [-0.2, 0) is 16.1 Å². The normalized spacial score (nSPS) is 18.5. The lowest BCUT2D eigenvalue weighted by Gasteiger charge is -2.32. The zero-order valence-electron chi connectivity index (χ0n) is 11.3. The molecular formula is C15H14N4O2. The van der Waals surface area contributed by atoms with Crippen LogP contribution < -0.4 is 5.32 Å². The lowest BCUT2D eigenvalue weighted by molar-refractivity contribution is -0.145. The molecule has 1 fully saturated rings. The van der Waals surface area contributed by atoms with Gasteiger partial charge in [-0.05, 0) is 17.7 Å². The van der Waals surface area contributed by atoms with Crippen molar-refractivity contribution < 1.29 is 9.59 Å². The van der Waals surface area contributed by atoms with Gasteiger partial charge in [0.15, 0.2) is 0 Å². The van der Waals surface area contributed by atoms with Gasteiger partial charge in [0.2, 0.25) is 5.91 Å². The largest absolute Gasteiger partial charge is 0.339 e. The Hall–Kier alpha value is -2.76. The molecule has 6 nitrogen and oxygen atoms in total. The van der Waals surface area contributed by atoms with Gasteiger partial charge in [-0.2, -0.15) is 10.2 Å². The molecule has 0 aliphatic carbocycles. The number of carbonyl (C=O) groups excluding carboxylic acids is 2. The van der Waals surface area contributed by atoms with Crippen LogP contribution in [0.3, 0.4) is 0 Å². The summed E-state index contributed by atoms with van der Waals surface area (Å²) in [5, 5.41) is 10.5. The smallest absolute Gasteiger partial charge is 0.250 e. The van der Waals surface area contributed by atoms with Gasteiger partial charge in [-0.1, -0.05) is 30.3 Å². The van der Waals surface area contributed by atoms with E-state index in [-0.39, 0.29) is 24.9 Å². The predicted octanol–water partition coefficient (Wildman–Crippen LogP) is 0.676. The fraction of sp³-hybridized carbons (Fsp3) is 0.200. The van der Waals surface area contributed by atoms with Gasteiger partial charge < -0.3 is 10.2 Å². The molecule has 1 aliphatic heterocycles. The number of nitrogens with one attached hydrogen (secondary N) is 1. The van der Waals surface area contributed by atoms with E-state index in [1.807, 2.05) is 30.3 Å². The number of hydrogen-bond acceptors (Lipinski definition) is 4. The highest BCUT2D eigenvalue weighted by Crippen LogP contribution is 2.20. The van der Waals surface area contributed by atoms with Crippen molar-refractivity contribution in [2.24, 2.45) is 0 Å². The molecule has 1 aromatic heterocycles. The van der Waals surface area contributed by atoms with Crippen molar-refractivity contribution in [3.8, 4) is 0 Å². The molecular weight excluding hydrogens is 268 g/mol. The maximum atomic E-state index is 12.5. The summed E-state index contributed by atoms with van der Waals surface area (Å²) in [5.74, 6) is -0.307. The minimum absolute atomic E-state index is 0.0404. The third-order valence-electron chi connectivity index (χ3n) is 3.31. The summed E-state index contributed by atoms with van der Waals surface area (Å²) in [6, 6.07) is 12.1. The van der Waals surface area contributed by atoms with Crippen molar-refractivity contribution in [3.05, 3.63) is 59.9 Å². The van der Waals surface area contributed by atoms with Gasteiger partial charge in [-0.25, -0.2) is 0 Å². The monoisotopic (exact) mass is 282 g/mol.